The highest BCUT2D eigenvalue weighted by Crippen LogP contribution is 2.19. The number of rotatable bonds is 8. The highest BCUT2D eigenvalue weighted by Gasteiger charge is 2.10. The van der Waals surface area contributed by atoms with Crippen molar-refractivity contribution < 1.29 is 4.74 Å². The van der Waals surface area contributed by atoms with Crippen molar-refractivity contribution >= 4 is 0 Å². The third-order valence-corrected chi connectivity index (χ3v) is 2.74. The largest absolute Gasteiger partial charge is 0.494 e. The summed E-state index contributed by atoms with van der Waals surface area (Å²) in [5.74, 6) is 1.55. The van der Waals surface area contributed by atoms with Crippen LogP contribution in [0.4, 0.5) is 0 Å². The fourth-order valence-corrected chi connectivity index (χ4v) is 1.76. The number of hydrogen-bond acceptors (Lipinski definition) is 3. The van der Waals surface area contributed by atoms with E-state index in [0.29, 0.717) is 12.5 Å². The van der Waals surface area contributed by atoms with E-state index in [1.54, 1.807) is 0 Å². The number of ether oxygens (including phenoxy) is 1. The zero-order chi connectivity index (χ0) is 13.4. The molecule has 0 aliphatic carbocycles. The Hall–Kier alpha value is -1.06. The molecule has 1 rings (SSSR count). The molecule has 1 aromatic rings. The van der Waals surface area contributed by atoms with Crippen molar-refractivity contribution in [2.24, 2.45) is 11.7 Å². The summed E-state index contributed by atoms with van der Waals surface area (Å²) < 4.78 is 5.65. The van der Waals surface area contributed by atoms with Crippen LogP contribution in [-0.2, 0) is 0 Å². The normalized spacial score (nSPS) is 12.7. The third-order valence-electron chi connectivity index (χ3n) is 2.74. The summed E-state index contributed by atoms with van der Waals surface area (Å²) in [5, 5.41) is 3.49. The Morgan fingerprint density at radius 1 is 1.33 bits per heavy atom. The molecule has 18 heavy (non-hydrogen) atoms. The average molecular weight is 250 g/mol. The molecule has 0 heterocycles. The quantitative estimate of drug-likeness (QED) is 0.746. The van der Waals surface area contributed by atoms with Crippen LogP contribution in [0.5, 0.6) is 5.75 Å². The highest BCUT2D eigenvalue weighted by atomic mass is 16.5. The highest BCUT2D eigenvalue weighted by molar-refractivity contribution is 5.30. The maximum absolute atomic E-state index is 5.84. The number of hydrogen-bond donors (Lipinski definition) is 2. The summed E-state index contributed by atoms with van der Waals surface area (Å²) >= 11 is 0. The molecule has 102 valence electrons. The second kappa shape index (κ2) is 8.11. The van der Waals surface area contributed by atoms with Crippen LogP contribution in [0.1, 0.15) is 38.8 Å². The summed E-state index contributed by atoms with van der Waals surface area (Å²) in [6.07, 6.45) is 1.02. The van der Waals surface area contributed by atoms with Gasteiger partial charge in [-0.2, -0.15) is 0 Å². The zero-order valence-electron chi connectivity index (χ0n) is 11.8. The van der Waals surface area contributed by atoms with E-state index in [2.05, 4.69) is 38.2 Å². The van der Waals surface area contributed by atoms with Crippen LogP contribution in [0.3, 0.4) is 0 Å². The standard InChI is InChI=1S/C15H26N2O/c1-4-8-18-14-7-5-6-13(9-14)15(10-16)17-11-12(2)3/h5-7,9,12,15,17H,4,8,10-11,16H2,1-3H3. The van der Waals surface area contributed by atoms with Crippen LogP contribution in [0.2, 0.25) is 0 Å². The minimum Gasteiger partial charge on any atom is -0.494 e. The van der Waals surface area contributed by atoms with Gasteiger partial charge in [-0.1, -0.05) is 32.9 Å². The molecule has 0 bridgehead atoms. The lowest BCUT2D eigenvalue weighted by atomic mass is 10.1. The van der Waals surface area contributed by atoms with Gasteiger partial charge in [0.25, 0.3) is 0 Å². The number of nitrogens with one attached hydrogen (secondary N) is 1. The van der Waals surface area contributed by atoms with E-state index in [0.717, 1.165) is 25.3 Å². The Labute approximate surface area is 111 Å². The van der Waals surface area contributed by atoms with E-state index in [9.17, 15) is 0 Å². The molecule has 3 heteroatoms. The molecule has 3 N–H and O–H groups in total. The smallest absolute Gasteiger partial charge is 0.119 e. The molecule has 0 amide bonds. The van der Waals surface area contributed by atoms with Crippen molar-refractivity contribution in [2.45, 2.75) is 33.2 Å². The van der Waals surface area contributed by atoms with E-state index in [4.69, 9.17) is 10.5 Å². The van der Waals surface area contributed by atoms with Gasteiger partial charge in [0.15, 0.2) is 0 Å². The second-order valence-electron chi connectivity index (χ2n) is 5.01. The molecule has 0 radical (unpaired) electrons. The van der Waals surface area contributed by atoms with Gasteiger partial charge in [-0.15, -0.1) is 0 Å². The molecular weight excluding hydrogens is 224 g/mol. The van der Waals surface area contributed by atoms with Crippen molar-refractivity contribution in [2.75, 3.05) is 19.7 Å². The Balaban J connectivity index is 2.66. The summed E-state index contributed by atoms with van der Waals surface area (Å²) in [4.78, 5) is 0. The molecule has 0 fully saturated rings. The SMILES string of the molecule is CCCOc1cccc(C(CN)NCC(C)C)c1. The fourth-order valence-electron chi connectivity index (χ4n) is 1.76. The number of nitrogens with two attached hydrogens (primary N) is 1. The molecular formula is C15H26N2O. The molecule has 3 nitrogen and oxygen atoms in total. The van der Waals surface area contributed by atoms with E-state index in [-0.39, 0.29) is 6.04 Å². The van der Waals surface area contributed by atoms with Gasteiger partial charge in [-0.3, -0.25) is 0 Å². The van der Waals surface area contributed by atoms with Crippen molar-refractivity contribution in [3.63, 3.8) is 0 Å². The van der Waals surface area contributed by atoms with E-state index < -0.39 is 0 Å². The van der Waals surface area contributed by atoms with Gasteiger partial charge < -0.3 is 15.8 Å². The van der Waals surface area contributed by atoms with Crippen molar-refractivity contribution in [3.05, 3.63) is 29.8 Å². The van der Waals surface area contributed by atoms with Crippen LogP contribution in [0, 0.1) is 5.92 Å². The van der Waals surface area contributed by atoms with Gasteiger partial charge in [-0.05, 0) is 36.6 Å². The molecule has 0 spiro atoms. The lowest BCUT2D eigenvalue weighted by molar-refractivity contribution is 0.316. The van der Waals surface area contributed by atoms with E-state index in [1.807, 2.05) is 12.1 Å². The predicted octanol–water partition coefficient (Wildman–Crippen LogP) is 2.72. The Bertz CT molecular complexity index is 339. The first-order valence-electron chi connectivity index (χ1n) is 6.83. The second-order valence-corrected chi connectivity index (χ2v) is 5.01. The topological polar surface area (TPSA) is 47.3 Å². The van der Waals surface area contributed by atoms with E-state index in [1.165, 1.54) is 5.56 Å². The van der Waals surface area contributed by atoms with Crippen molar-refractivity contribution in [3.8, 4) is 5.75 Å². The monoisotopic (exact) mass is 250 g/mol. The van der Waals surface area contributed by atoms with Gasteiger partial charge in [0.05, 0.1) is 6.61 Å². The van der Waals surface area contributed by atoms with Crippen molar-refractivity contribution in [1.82, 2.24) is 5.32 Å². The lowest BCUT2D eigenvalue weighted by Crippen LogP contribution is -2.30. The van der Waals surface area contributed by atoms with Crippen LogP contribution >= 0.6 is 0 Å². The molecule has 1 aromatic carbocycles. The molecule has 0 saturated heterocycles. The maximum atomic E-state index is 5.84. The fraction of sp³-hybridized carbons (Fsp3) is 0.600. The van der Waals surface area contributed by atoms with Crippen molar-refractivity contribution in [1.29, 1.82) is 0 Å². The van der Waals surface area contributed by atoms with Gasteiger partial charge in [0.1, 0.15) is 5.75 Å². The Morgan fingerprint density at radius 3 is 2.72 bits per heavy atom. The molecule has 0 aliphatic rings. The summed E-state index contributed by atoms with van der Waals surface area (Å²) in [7, 11) is 0. The minimum absolute atomic E-state index is 0.206. The molecule has 0 aliphatic heterocycles. The average Bonchev–Trinajstić information content (AvgIpc) is 2.37. The minimum atomic E-state index is 0.206. The van der Waals surface area contributed by atoms with Crippen LogP contribution in [0.15, 0.2) is 24.3 Å². The van der Waals surface area contributed by atoms with Crippen LogP contribution in [-0.4, -0.2) is 19.7 Å². The third kappa shape index (κ3) is 5.07. The Kier molecular flexibility index (Phi) is 6.76. The first-order chi connectivity index (χ1) is 8.67. The van der Waals surface area contributed by atoms with Crippen LogP contribution < -0.4 is 15.8 Å². The summed E-state index contributed by atoms with van der Waals surface area (Å²) in [6, 6.07) is 8.41. The first kappa shape index (κ1) is 15.0. The van der Waals surface area contributed by atoms with Gasteiger partial charge in [0, 0.05) is 12.6 Å². The summed E-state index contributed by atoms with van der Waals surface area (Å²) in [5.41, 5.74) is 7.04. The van der Waals surface area contributed by atoms with E-state index >= 15 is 0 Å². The maximum Gasteiger partial charge on any atom is 0.119 e. The van der Waals surface area contributed by atoms with Gasteiger partial charge >= 0.3 is 0 Å². The Morgan fingerprint density at radius 2 is 2.11 bits per heavy atom. The lowest BCUT2D eigenvalue weighted by Gasteiger charge is -2.19. The van der Waals surface area contributed by atoms with Gasteiger partial charge in [-0.25, -0.2) is 0 Å². The zero-order valence-corrected chi connectivity index (χ0v) is 11.8. The number of benzene rings is 1. The van der Waals surface area contributed by atoms with Gasteiger partial charge in [0.2, 0.25) is 0 Å². The molecule has 1 atom stereocenters. The summed E-state index contributed by atoms with van der Waals surface area (Å²) in [6.45, 7) is 8.83. The molecule has 1 unspecified atom stereocenters. The molecule has 0 saturated carbocycles. The van der Waals surface area contributed by atoms with Crippen LogP contribution in [0.25, 0.3) is 0 Å². The molecule has 0 aromatic heterocycles. The first-order valence-corrected chi connectivity index (χ1v) is 6.83. The predicted molar refractivity (Wildman–Crippen MR) is 76.9 cm³/mol.